The average molecular weight is 279 g/mol. The van der Waals surface area contributed by atoms with Crippen LogP contribution in [0.2, 0.25) is 0 Å². The monoisotopic (exact) mass is 279 g/mol. The SMILES string of the molecule is Cc1[nH]c2ccc(F)c(N3CC[C@H](F)[C@@H](N)C3)c2c1C. The first-order valence-corrected chi connectivity index (χ1v) is 6.91. The maximum absolute atomic E-state index is 14.3. The van der Waals surface area contributed by atoms with Gasteiger partial charge >= 0.3 is 0 Å². The molecule has 0 bridgehead atoms. The van der Waals surface area contributed by atoms with Crippen LogP contribution in [-0.4, -0.2) is 30.3 Å². The van der Waals surface area contributed by atoms with Crippen LogP contribution < -0.4 is 10.6 Å². The highest BCUT2D eigenvalue weighted by atomic mass is 19.1. The zero-order valence-corrected chi connectivity index (χ0v) is 11.7. The number of fused-ring (bicyclic) bond motifs is 1. The van der Waals surface area contributed by atoms with E-state index in [1.807, 2.05) is 18.7 Å². The fourth-order valence-corrected chi connectivity index (χ4v) is 3.00. The molecule has 5 heteroatoms. The third-order valence-electron chi connectivity index (χ3n) is 4.28. The number of hydrogen-bond donors (Lipinski definition) is 2. The van der Waals surface area contributed by atoms with Crippen LogP contribution in [-0.2, 0) is 0 Å². The van der Waals surface area contributed by atoms with Gasteiger partial charge in [0.2, 0.25) is 0 Å². The van der Waals surface area contributed by atoms with Crippen molar-refractivity contribution in [2.24, 2.45) is 5.73 Å². The van der Waals surface area contributed by atoms with Crippen molar-refractivity contribution in [2.45, 2.75) is 32.5 Å². The number of aromatic nitrogens is 1. The lowest BCUT2D eigenvalue weighted by atomic mass is 10.0. The number of halogens is 2. The van der Waals surface area contributed by atoms with Crippen molar-refractivity contribution in [3.05, 3.63) is 29.2 Å². The highest BCUT2D eigenvalue weighted by Crippen LogP contribution is 2.35. The Morgan fingerprint density at radius 2 is 2.10 bits per heavy atom. The summed E-state index contributed by atoms with van der Waals surface area (Å²) in [6.45, 7) is 4.78. The molecule has 0 amide bonds. The summed E-state index contributed by atoms with van der Waals surface area (Å²) in [7, 11) is 0. The molecule has 20 heavy (non-hydrogen) atoms. The van der Waals surface area contributed by atoms with Crippen molar-refractivity contribution in [1.82, 2.24) is 4.98 Å². The molecule has 1 aliphatic heterocycles. The summed E-state index contributed by atoms with van der Waals surface area (Å²) in [5.74, 6) is -0.274. The number of alkyl halides is 1. The first-order valence-electron chi connectivity index (χ1n) is 6.91. The van der Waals surface area contributed by atoms with E-state index >= 15 is 0 Å². The molecule has 108 valence electrons. The van der Waals surface area contributed by atoms with Crippen LogP contribution in [0.4, 0.5) is 14.5 Å². The summed E-state index contributed by atoms with van der Waals surface area (Å²) in [4.78, 5) is 5.13. The van der Waals surface area contributed by atoms with E-state index in [4.69, 9.17) is 5.73 Å². The molecule has 3 N–H and O–H groups in total. The molecule has 1 aromatic heterocycles. The minimum Gasteiger partial charge on any atom is -0.367 e. The summed E-state index contributed by atoms with van der Waals surface area (Å²) in [6, 6.07) is 2.65. The molecule has 0 spiro atoms. The highest BCUT2D eigenvalue weighted by Gasteiger charge is 2.29. The molecule has 1 fully saturated rings. The first kappa shape index (κ1) is 13.4. The summed E-state index contributed by atoms with van der Waals surface area (Å²) >= 11 is 0. The van der Waals surface area contributed by atoms with Gasteiger partial charge in [0.15, 0.2) is 0 Å². The molecule has 2 atom stereocenters. The first-order chi connectivity index (χ1) is 9.49. The molecule has 0 radical (unpaired) electrons. The zero-order valence-electron chi connectivity index (χ0n) is 11.7. The molecule has 2 heterocycles. The predicted molar refractivity (Wildman–Crippen MR) is 77.4 cm³/mol. The molecule has 1 aromatic carbocycles. The predicted octanol–water partition coefficient (Wildman–Crippen LogP) is 2.80. The van der Waals surface area contributed by atoms with Crippen molar-refractivity contribution >= 4 is 16.6 Å². The Balaban J connectivity index is 2.13. The fraction of sp³-hybridized carbons (Fsp3) is 0.467. The standard InChI is InChI=1S/C15H19F2N3/c1-8-9(2)19-13-4-3-11(17)15(14(8)13)20-6-5-10(16)12(18)7-20/h3-4,10,12,19H,5-7,18H2,1-2H3/t10-,12-/m0/s1. The number of nitrogens with two attached hydrogens (primary N) is 1. The van der Waals surface area contributed by atoms with Gasteiger partial charge < -0.3 is 15.6 Å². The van der Waals surface area contributed by atoms with Crippen molar-refractivity contribution in [2.75, 3.05) is 18.0 Å². The van der Waals surface area contributed by atoms with Crippen molar-refractivity contribution in [3.63, 3.8) is 0 Å². The van der Waals surface area contributed by atoms with Gasteiger partial charge in [0.1, 0.15) is 12.0 Å². The number of rotatable bonds is 1. The van der Waals surface area contributed by atoms with Crippen LogP contribution in [0.3, 0.4) is 0 Å². The topological polar surface area (TPSA) is 45.0 Å². The van der Waals surface area contributed by atoms with E-state index in [0.717, 1.165) is 22.2 Å². The van der Waals surface area contributed by atoms with E-state index in [0.29, 0.717) is 25.2 Å². The Morgan fingerprint density at radius 1 is 1.35 bits per heavy atom. The number of nitrogens with zero attached hydrogens (tertiary/aromatic N) is 1. The minimum atomic E-state index is -0.998. The van der Waals surface area contributed by atoms with E-state index in [1.165, 1.54) is 6.07 Å². The second-order valence-corrected chi connectivity index (χ2v) is 5.61. The van der Waals surface area contributed by atoms with Gasteiger partial charge in [0, 0.05) is 29.7 Å². The number of piperidine rings is 1. The fourth-order valence-electron chi connectivity index (χ4n) is 3.00. The summed E-state index contributed by atoms with van der Waals surface area (Å²) < 4.78 is 27.8. The van der Waals surface area contributed by atoms with Gasteiger partial charge in [-0.1, -0.05) is 0 Å². The van der Waals surface area contributed by atoms with E-state index in [2.05, 4.69) is 4.98 Å². The molecule has 0 aliphatic carbocycles. The number of nitrogens with one attached hydrogen (secondary N) is 1. The van der Waals surface area contributed by atoms with Gasteiger partial charge in [-0.05, 0) is 38.0 Å². The van der Waals surface area contributed by atoms with Gasteiger partial charge in [-0.3, -0.25) is 0 Å². The maximum Gasteiger partial charge on any atom is 0.147 e. The van der Waals surface area contributed by atoms with Crippen molar-refractivity contribution in [1.29, 1.82) is 0 Å². The summed E-state index contributed by atoms with van der Waals surface area (Å²) in [6.07, 6.45) is -0.651. The molecular weight excluding hydrogens is 260 g/mol. The molecule has 3 rings (SSSR count). The van der Waals surface area contributed by atoms with Crippen molar-refractivity contribution in [3.8, 4) is 0 Å². The number of hydrogen-bond acceptors (Lipinski definition) is 2. The van der Waals surface area contributed by atoms with Gasteiger partial charge in [-0.15, -0.1) is 0 Å². The van der Waals surface area contributed by atoms with E-state index in [-0.39, 0.29) is 5.82 Å². The highest BCUT2D eigenvalue weighted by molar-refractivity contribution is 5.96. The van der Waals surface area contributed by atoms with Crippen LogP contribution >= 0.6 is 0 Å². The summed E-state index contributed by atoms with van der Waals surface area (Å²) in [5, 5.41) is 0.881. The number of aryl methyl sites for hydroxylation is 2. The second-order valence-electron chi connectivity index (χ2n) is 5.61. The summed E-state index contributed by atoms with van der Waals surface area (Å²) in [5.41, 5.74) is 9.31. The van der Waals surface area contributed by atoms with Gasteiger partial charge in [0.25, 0.3) is 0 Å². The Morgan fingerprint density at radius 3 is 2.80 bits per heavy atom. The van der Waals surface area contributed by atoms with Gasteiger partial charge in [0.05, 0.1) is 11.7 Å². The average Bonchev–Trinajstić information content (AvgIpc) is 2.70. The van der Waals surface area contributed by atoms with Crippen LogP contribution in [0.1, 0.15) is 17.7 Å². The van der Waals surface area contributed by atoms with E-state index in [9.17, 15) is 8.78 Å². The lowest BCUT2D eigenvalue weighted by Gasteiger charge is -2.35. The van der Waals surface area contributed by atoms with Crippen LogP contribution in [0, 0.1) is 19.7 Å². The lowest BCUT2D eigenvalue weighted by Crippen LogP contribution is -2.50. The largest absolute Gasteiger partial charge is 0.367 e. The Labute approximate surface area is 116 Å². The van der Waals surface area contributed by atoms with E-state index < -0.39 is 12.2 Å². The maximum atomic E-state index is 14.3. The zero-order chi connectivity index (χ0) is 14.4. The van der Waals surface area contributed by atoms with Crippen LogP contribution in [0.25, 0.3) is 10.9 Å². The number of H-pyrrole nitrogens is 1. The van der Waals surface area contributed by atoms with Gasteiger partial charge in [-0.25, -0.2) is 8.78 Å². The Bertz CT molecular complexity index is 650. The number of benzene rings is 1. The number of anilines is 1. The molecule has 0 unspecified atom stereocenters. The molecule has 2 aromatic rings. The third-order valence-corrected chi connectivity index (χ3v) is 4.28. The Kier molecular flexibility index (Phi) is 3.17. The van der Waals surface area contributed by atoms with Crippen LogP contribution in [0.15, 0.2) is 12.1 Å². The quantitative estimate of drug-likeness (QED) is 0.843. The third kappa shape index (κ3) is 1.97. The number of aromatic amines is 1. The Hall–Kier alpha value is -1.62. The molecular formula is C15H19F2N3. The molecule has 3 nitrogen and oxygen atoms in total. The molecule has 1 aliphatic rings. The smallest absolute Gasteiger partial charge is 0.147 e. The van der Waals surface area contributed by atoms with Crippen LogP contribution in [0.5, 0.6) is 0 Å². The van der Waals surface area contributed by atoms with Crippen molar-refractivity contribution < 1.29 is 8.78 Å². The van der Waals surface area contributed by atoms with E-state index in [1.54, 1.807) is 6.07 Å². The minimum absolute atomic E-state index is 0.274. The second kappa shape index (κ2) is 4.74. The normalized spacial score (nSPS) is 23.6. The molecule has 1 saturated heterocycles. The lowest BCUT2D eigenvalue weighted by molar-refractivity contribution is 0.244. The molecule has 0 saturated carbocycles. The van der Waals surface area contributed by atoms with Gasteiger partial charge in [-0.2, -0.15) is 0 Å².